The molecule has 1 rings (SSSR count). The Bertz CT molecular complexity index is 467. The lowest BCUT2D eigenvalue weighted by molar-refractivity contribution is 0.386. The number of aliphatic imine (C=N–C) groups is 1. The van der Waals surface area contributed by atoms with Crippen LogP contribution in [0.15, 0.2) is 23.2 Å². The average Bonchev–Trinajstić information content (AvgIpc) is 2.44. The van der Waals surface area contributed by atoms with E-state index in [0.29, 0.717) is 12.5 Å². The van der Waals surface area contributed by atoms with Crippen LogP contribution in [0, 0.1) is 11.7 Å². The zero-order valence-electron chi connectivity index (χ0n) is 13.8. The number of ether oxygens (including phenoxy) is 1. The van der Waals surface area contributed by atoms with Gasteiger partial charge in [0.15, 0.2) is 17.5 Å². The number of nitrogens with one attached hydrogen (secondary N) is 2. The van der Waals surface area contributed by atoms with E-state index >= 15 is 0 Å². The zero-order valence-corrected chi connectivity index (χ0v) is 16.1. The molecule has 0 amide bonds. The van der Waals surface area contributed by atoms with Crippen LogP contribution in [0.25, 0.3) is 0 Å². The second-order valence-electron chi connectivity index (χ2n) is 5.27. The summed E-state index contributed by atoms with van der Waals surface area (Å²) in [5.74, 6) is 1.30. The minimum Gasteiger partial charge on any atom is -0.494 e. The molecule has 0 unspecified atom stereocenters. The van der Waals surface area contributed by atoms with Crippen LogP contribution in [0.2, 0.25) is 0 Å². The van der Waals surface area contributed by atoms with Gasteiger partial charge in [-0.2, -0.15) is 0 Å². The van der Waals surface area contributed by atoms with E-state index in [1.54, 1.807) is 6.07 Å². The van der Waals surface area contributed by atoms with Gasteiger partial charge in [-0.1, -0.05) is 19.9 Å². The molecule has 0 atom stereocenters. The predicted octanol–water partition coefficient (Wildman–Crippen LogP) is 3.55. The molecule has 0 radical (unpaired) electrons. The largest absolute Gasteiger partial charge is 0.494 e. The van der Waals surface area contributed by atoms with Crippen LogP contribution in [0.4, 0.5) is 4.39 Å². The second kappa shape index (κ2) is 11.5. The quantitative estimate of drug-likeness (QED) is 0.401. The van der Waals surface area contributed by atoms with Crippen LogP contribution in [0.3, 0.4) is 0 Å². The summed E-state index contributed by atoms with van der Waals surface area (Å²) in [5, 5.41) is 6.46. The predicted molar refractivity (Wildman–Crippen MR) is 101 cm³/mol. The standard InChI is InChI=1S/C16H26FN3O.HI/c1-5-18-16(19-9-8-12(2)3)20-11-13-6-7-15(21-4)14(17)10-13;/h6-7,10,12H,5,8-9,11H2,1-4H3,(H2,18,19,20);1H. The van der Waals surface area contributed by atoms with Gasteiger partial charge in [-0.15, -0.1) is 24.0 Å². The fourth-order valence-corrected chi connectivity index (χ4v) is 1.80. The maximum Gasteiger partial charge on any atom is 0.191 e. The molecule has 6 heteroatoms. The Morgan fingerprint density at radius 1 is 1.32 bits per heavy atom. The topological polar surface area (TPSA) is 45.7 Å². The van der Waals surface area contributed by atoms with Gasteiger partial charge in [-0.05, 0) is 37.0 Å². The third kappa shape index (κ3) is 7.82. The number of hydrogen-bond acceptors (Lipinski definition) is 2. The third-order valence-electron chi connectivity index (χ3n) is 2.99. The molecule has 0 aromatic heterocycles. The van der Waals surface area contributed by atoms with E-state index in [9.17, 15) is 4.39 Å². The van der Waals surface area contributed by atoms with E-state index in [0.717, 1.165) is 31.0 Å². The lowest BCUT2D eigenvalue weighted by Gasteiger charge is -2.12. The van der Waals surface area contributed by atoms with Crippen molar-refractivity contribution in [2.45, 2.75) is 33.7 Å². The summed E-state index contributed by atoms with van der Waals surface area (Å²) >= 11 is 0. The van der Waals surface area contributed by atoms with Gasteiger partial charge in [0.05, 0.1) is 13.7 Å². The molecule has 126 valence electrons. The Labute approximate surface area is 149 Å². The molecule has 0 aliphatic carbocycles. The first kappa shape index (κ1) is 20.9. The summed E-state index contributed by atoms with van der Waals surface area (Å²) in [6.45, 7) is 8.49. The highest BCUT2D eigenvalue weighted by Gasteiger charge is 2.04. The number of halogens is 2. The Balaban J connectivity index is 0.00000441. The van der Waals surface area contributed by atoms with Gasteiger partial charge in [0.1, 0.15) is 0 Å². The first-order valence-corrected chi connectivity index (χ1v) is 7.41. The number of nitrogens with zero attached hydrogens (tertiary/aromatic N) is 1. The maximum absolute atomic E-state index is 13.6. The molecule has 1 aromatic carbocycles. The summed E-state index contributed by atoms with van der Waals surface area (Å²) in [5.41, 5.74) is 0.814. The van der Waals surface area contributed by atoms with Crippen molar-refractivity contribution in [2.75, 3.05) is 20.2 Å². The number of guanidine groups is 1. The lowest BCUT2D eigenvalue weighted by Crippen LogP contribution is -2.38. The van der Waals surface area contributed by atoms with Crippen molar-refractivity contribution in [1.29, 1.82) is 0 Å². The van der Waals surface area contributed by atoms with Crippen molar-refractivity contribution < 1.29 is 9.13 Å². The van der Waals surface area contributed by atoms with Gasteiger partial charge in [-0.3, -0.25) is 0 Å². The molecule has 0 spiro atoms. The van der Waals surface area contributed by atoms with Crippen molar-refractivity contribution in [3.8, 4) is 5.75 Å². The molecule has 2 N–H and O–H groups in total. The number of hydrogen-bond donors (Lipinski definition) is 2. The fourth-order valence-electron chi connectivity index (χ4n) is 1.80. The lowest BCUT2D eigenvalue weighted by atomic mass is 10.1. The summed E-state index contributed by atoms with van der Waals surface area (Å²) in [4.78, 5) is 4.46. The summed E-state index contributed by atoms with van der Waals surface area (Å²) in [7, 11) is 1.46. The van der Waals surface area contributed by atoms with E-state index < -0.39 is 0 Å². The summed E-state index contributed by atoms with van der Waals surface area (Å²) in [6, 6.07) is 4.91. The van der Waals surface area contributed by atoms with Gasteiger partial charge >= 0.3 is 0 Å². The number of rotatable bonds is 7. The molecule has 22 heavy (non-hydrogen) atoms. The van der Waals surface area contributed by atoms with Gasteiger partial charge in [0.2, 0.25) is 0 Å². The van der Waals surface area contributed by atoms with E-state index in [4.69, 9.17) is 4.74 Å². The summed E-state index contributed by atoms with van der Waals surface area (Å²) < 4.78 is 18.5. The minimum absolute atomic E-state index is 0. The zero-order chi connectivity index (χ0) is 15.7. The maximum atomic E-state index is 13.6. The van der Waals surface area contributed by atoms with E-state index in [1.807, 2.05) is 13.0 Å². The molecule has 0 fully saturated rings. The van der Waals surface area contributed by atoms with Gasteiger partial charge < -0.3 is 15.4 Å². The van der Waals surface area contributed by atoms with E-state index in [1.165, 1.54) is 13.2 Å². The van der Waals surface area contributed by atoms with E-state index in [2.05, 4.69) is 29.5 Å². The Kier molecular flexibility index (Phi) is 11.0. The molecular weight excluding hydrogens is 396 g/mol. The summed E-state index contributed by atoms with van der Waals surface area (Å²) in [6.07, 6.45) is 1.08. The molecule has 0 bridgehead atoms. The number of methoxy groups -OCH3 is 1. The molecule has 0 aliphatic rings. The van der Waals surface area contributed by atoms with E-state index in [-0.39, 0.29) is 35.5 Å². The molecule has 1 aromatic rings. The van der Waals surface area contributed by atoms with Crippen LogP contribution in [0.1, 0.15) is 32.8 Å². The normalized spacial score (nSPS) is 11.1. The highest BCUT2D eigenvalue weighted by Crippen LogP contribution is 2.17. The van der Waals surface area contributed by atoms with Crippen LogP contribution < -0.4 is 15.4 Å². The van der Waals surface area contributed by atoms with Crippen molar-refractivity contribution in [2.24, 2.45) is 10.9 Å². The first-order valence-electron chi connectivity index (χ1n) is 7.41. The van der Waals surface area contributed by atoms with Crippen molar-refractivity contribution in [1.82, 2.24) is 10.6 Å². The van der Waals surface area contributed by atoms with Crippen molar-refractivity contribution >= 4 is 29.9 Å². The second-order valence-corrected chi connectivity index (χ2v) is 5.27. The van der Waals surface area contributed by atoms with Crippen LogP contribution in [-0.4, -0.2) is 26.2 Å². The highest BCUT2D eigenvalue weighted by atomic mass is 127. The number of benzene rings is 1. The van der Waals surface area contributed by atoms with Gasteiger partial charge in [0.25, 0.3) is 0 Å². The SMILES string of the molecule is CCNC(=NCc1ccc(OC)c(F)c1)NCCC(C)C.I. The van der Waals surface area contributed by atoms with Crippen LogP contribution in [0.5, 0.6) is 5.75 Å². The van der Waals surface area contributed by atoms with Crippen molar-refractivity contribution in [3.05, 3.63) is 29.6 Å². The Morgan fingerprint density at radius 2 is 2.05 bits per heavy atom. The third-order valence-corrected chi connectivity index (χ3v) is 2.99. The van der Waals surface area contributed by atoms with Gasteiger partial charge in [0, 0.05) is 13.1 Å². The smallest absolute Gasteiger partial charge is 0.191 e. The molecule has 0 aliphatic heterocycles. The molecule has 0 saturated heterocycles. The Hall–Kier alpha value is -1.05. The first-order chi connectivity index (χ1) is 10.1. The monoisotopic (exact) mass is 423 g/mol. The van der Waals surface area contributed by atoms with Crippen molar-refractivity contribution in [3.63, 3.8) is 0 Å². The van der Waals surface area contributed by atoms with Gasteiger partial charge in [-0.25, -0.2) is 9.38 Å². The minimum atomic E-state index is -0.358. The highest BCUT2D eigenvalue weighted by molar-refractivity contribution is 14.0. The average molecular weight is 423 g/mol. The van der Waals surface area contributed by atoms with Crippen LogP contribution in [-0.2, 0) is 6.54 Å². The molecular formula is C16H27FIN3O. The Morgan fingerprint density at radius 3 is 2.59 bits per heavy atom. The fraction of sp³-hybridized carbons (Fsp3) is 0.562. The molecule has 4 nitrogen and oxygen atoms in total. The molecule has 0 heterocycles. The molecule has 0 saturated carbocycles. The van der Waals surface area contributed by atoms with Crippen LogP contribution >= 0.6 is 24.0 Å².